The van der Waals surface area contributed by atoms with Gasteiger partial charge in [0.05, 0.1) is 18.0 Å². The predicted molar refractivity (Wildman–Crippen MR) is 99.2 cm³/mol. The summed E-state index contributed by atoms with van der Waals surface area (Å²) in [5.41, 5.74) is 1.99. The summed E-state index contributed by atoms with van der Waals surface area (Å²) in [4.78, 5) is 30.0. The number of rotatable bonds is 8. The third kappa shape index (κ3) is 5.35. The minimum Gasteiger partial charge on any atom is -0.355 e. The first-order valence-corrected chi connectivity index (χ1v) is 9.68. The van der Waals surface area contributed by atoms with Crippen molar-refractivity contribution >= 4 is 34.9 Å². The normalized spacial score (nSPS) is 10.4. The van der Waals surface area contributed by atoms with Crippen LogP contribution >= 0.6 is 23.1 Å². The molecule has 1 aromatic carbocycles. The van der Waals surface area contributed by atoms with Crippen LogP contribution in [0.1, 0.15) is 13.8 Å². The number of thioether (sulfide) groups is 1. The van der Waals surface area contributed by atoms with E-state index < -0.39 is 0 Å². The lowest BCUT2D eigenvalue weighted by molar-refractivity contribution is -0.133. The van der Waals surface area contributed by atoms with Crippen LogP contribution in [-0.2, 0) is 9.59 Å². The van der Waals surface area contributed by atoms with Gasteiger partial charge < -0.3 is 10.2 Å². The molecule has 7 heteroatoms. The van der Waals surface area contributed by atoms with Crippen molar-refractivity contribution in [3.05, 3.63) is 35.7 Å². The zero-order chi connectivity index (χ0) is 17.4. The minimum absolute atomic E-state index is 0.0507. The lowest BCUT2D eigenvalue weighted by Gasteiger charge is -2.19. The molecule has 0 spiro atoms. The second kappa shape index (κ2) is 9.44. The number of hydrogen-bond donors (Lipinski definition) is 1. The molecule has 0 bridgehead atoms. The van der Waals surface area contributed by atoms with Crippen molar-refractivity contribution in [2.24, 2.45) is 0 Å². The van der Waals surface area contributed by atoms with Crippen molar-refractivity contribution < 1.29 is 9.59 Å². The van der Waals surface area contributed by atoms with Crippen molar-refractivity contribution in [3.63, 3.8) is 0 Å². The molecule has 0 fully saturated rings. The molecular formula is C17H21N3O2S2. The molecule has 128 valence electrons. The largest absolute Gasteiger partial charge is 0.355 e. The molecule has 0 aliphatic carbocycles. The minimum atomic E-state index is -0.127. The highest BCUT2D eigenvalue weighted by atomic mass is 32.2. The van der Waals surface area contributed by atoms with Crippen LogP contribution in [0, 0.1) is 0 Å². The molecule has 5 nitrogen and oxygen atoms in total. The Bertz CT molecular complexity index is 673. The summed E-state index contributed by atoms with van der Waals surface area (Å²) in [6.07, 6.45) is 0. The van der Waals surface area contributed by atoms with Crippen molar-refractivity contribution in [2.75, 3.05) is 25.4 Å². The Labute approximate surface area is 150 Å². The van der Waals surface area contributed by atoms with E-state index in [1.165, 1.54) is 23.1 Å². The molecule has 24 heavy (non-hydrogen) atoms. The lowest BCUT2D eigenvalue weighted by atomic mass is 10.2. The van der Waals surface area contributed by atoms with E-state index in [1.54, 1.807) is 4.90 Å². The van der Waals surface area contributed by atoms with Crippen molar-refractivity contribution in [1.82, 2.24) is 15.2 Å². The Hall–Kier alpha value is -1.86. The number of nitrogens with one attached hydrogen (secondary N) is 1. The average molecular weight is 364 g/mol. The van der Waals surface area contributed by atoms with Gasteiger partial charge in [-0.05, 0) is 13.8 Å². The zero-order valence-electron chi connectivity index (χ0n) is 13.8. The van der Waals surface area contributed by atoms with Crippen molar-refractivity contribution in [2.45, 2.75) is 18.2 Å². The highest BCUT2D eigenvalue weighted by Gasteiger charge is 2.16. The number of thiazole rings is 1. The molecule has 2 rings (SSSR count). The topological polar surface area (TPSA) is 62.3 Å². The van der Waals surface area contributed by atoms with Crippen LogP contribution in [0.15, 0.2) is 40.1 Å². The maximum atomic E-state index is 12.3. The second-order valence-electron chi connectivity index (χ2n) is 5.01. The van der Waals surface area contributed by atoms with Gasteiger partial charge in [0.2, 0.25) is 11.8 Å². The number of carbonyl (C=O) groups excluding carboxylic acids is 2. The smallest absolute Gasteiger partial charge is 0.239 e. The summed E-state index contributed by atoms with van der Waals surface area (Å²) < 4.78 is 0.858. The highest BCUT2D eigenvalue weighted by Crippen LogP contribution is 2.28. The maximum Gasteiger partial charge on any atom is 0.239 e. The van der Waals surface area contributed by atoms with Crippen molar-refractivity contribution in [3.8, 4) is 11.3 Å². The van der Waals surface area contributed by atoms with Crippen molar-refractivity contribution in [1.29, 1.82) is 0 Å². The Balaban J connectivity index is 1.89. The van der Waals surface area contributed by atoms with E-state index in [2.05, 4.69) is 10.3 Å². The first kappa shape index (κ1) is 18.5. The predicted octanol–water partition coefficient (Wildman–Crippen LogP) is 2.89. The lowest BCUT2D eigenvalue weighted by Crippen LogP contribution is -2.41. The number of amides is 2. The summed E-state index contributed by atoms with van der Waals surface area (Å²) in [7, 11) is 0. The Morgan fingerprint density at radius 1 is 1.25 bits per heavy atom. The fourth-order valence-corrected chi connectivity index (χ4v) is 3.82. The quantitative estimate of drug-likeness (QED) is 0.733. The molecule has 1 N–H and O–H groups in total. The molecular weight excluding hydrogens is 342 g/mol. The van der Waals surface area contributed by atoms with Gasteiger partial charge in [0, 0.05) is 24.0 Å². The van der Waals surface area contributed by atoms with E-state index in [4.69, 9.17) is 0 Å². The highest BCUT2D eigenvalue weighted by molar-refractivity contribution is 8.01. The van der Waals surface area contributed by atoms with Gasteiger partial charge in [0.25, 0.3) is 0 Å². The van der Waals surface area contributed by atoms with E-state index >= 15 is 0 Å². The maximum absolute atomic E-state index is 12.3. The van der Waals surface area contributed by atoms with Gasteiger partial charge in [0.15, 0.2) is 4.34 Å². The summed E-state index contributed by atoms with van der Waals surface area (Å²) in [5, 5.41) is 4.71. The molecule has 2 amide bonds. The summed E-state index contributed by atoms with van der Waals surface area (Å²) in [5.74, 6) is 0.109. The van der Waals surface area contributed by atoms with E-state index in [-0.39, 0.29) is 24.1 Å². The standard InChI is InChI=1S/C17H21N3O2S2/c1-3-18-15(21)10-20(4-2)16(22)12-24-17-19-14(11-23-17)13-8-6-5-7-9-13/h5-9,11H,3-4,10,12H2,1-2H3,(H,18,21). The number of likely N-dealkylation sites (N-methyl/N-ethyl adjacent to an activating group) is 2. The van der Waals surface area contributed by atoms with Crippen LogP contribution < -0.4 is 5.32 Å². The number of aromatic nitrogens is 1. The van der Waals surface area contributed by atoms with Gasteiger partial charge in [-0.1, -0.05) is 42.1 Å². The van der Waals surface area contributed by atoms with Crippen LogP contribution in [0.2, 0.25) is 0 Å². The van der Waals surface area contributed by atoms with E-state index in [1.807, 2.05) is 49.6 Å². The summed E-state index contributed by atoms with van der Waals surface area (Å²) in [6, 6.07) is 9.95. The van der Waals surface area contributed by atoms with Crippen LogP contribution in [0.5, 0.6) is 0 Å². The monoisotopic (exact) mass is 363 g/mol. The van der Waals surface area contributed by atoms with Gasteiger partial charge in [0.1, 0.15) is 0 Å². The third-order valence-corrected chi connectivity index (χ3v) is 5.32. The van der Waals surface area contributed by atoms with Gasteiger partial charge in [-0.15, -0.1) is 11.3 Å². The van der Waals surface area contributed by atoms with Gasteiger partial charge in [-0.3, -0.25) is 9.59 Å². The second-order valence-corrected chi connectivity index (χ2v) is 7.10. The summed E-state index contributed by atoms with van der Waals surface area (Å²) >= 11 is 2.94. The van der Waals surface area contributed by atoms with Crippen LogP contribution in [0.3, 0.4) is 0 Å². The summed E-state index contributed by atoms with van der Waals surface area (Å²) in [6.45, 7) is 4.93. The van der Waals surface area contributed by atoms with E-state index in [9.17, 15) is 9.59 Å². The number of carbonyl (C=O) groups is 2. The first-order chi connectivity index (χ1) is 11.6. The number of hydrogen-bond acceptors (Lipinski definition) is 5. The number of nitrogens with zero attached hydrogens (tertiary/aromatic N) is 2. The molecule has 0 saturated heterocycles. The molecule has 0 aliphatic rings. The Morgan fingerprint density at radius 3 is 2.67 bits per heavy atom. The van der Waals surface area contributed by atoms with Crippen LogP contribution in [-0.4, -0.2) is 47.1 Å². The SMILES string of the molecule is CCNC(=O)CN(CC)C(=O)CSc1nc(-c2ccccc2)cs1. The van der Waals surface area contributed by atoms with E-state index in [0.29, 0.717) is 13.1 Å². The Kier molecular flexibility index (Phi) is 7.27. The zero-order valence-corrected chi connectivity index (χ0v) is 15.5. The fraction of sp³-hybridized carbons (Fsp3) is 0.353. The number of benzene rings is 1. The fourth-order valence-electron chi connectivity index (χ4n) is 2.08. The van der Waals surface area contributed by atoms with Crippen LogP contribution in [0.4, 0.5) is 0 Å². The van der Waals surface area contributed by atoms with Gasteiger partial charge >= 0.3 is 0 Å². The molecule has 2 aromatic rings. The molecule has 0 aliphatic heterocycles. The first-order valence-electron chi connectivity index (χ1n) is 7.82. The van der Waals surface area contributed by atoms with Crippen LogP contribution in [0.25, 0.3) is 11.3 Å². The molecule has 0 radical (unpaired) electrons. The third-order valence-electron chi connectivity index (χ3n) is 3.31. The molecule has 0 unspecified atom stereocenters. The van der Waals surface area contributed by atoms with Gasteiger partial charge in [-0.25, -0.2) is 4.98 Å². The molecule has 1 heterocycles. The average Bonchev–Trinajstić information content (AvgIpc) is 3.07. The molecule has 0 atom stereocenters. The van der Waals surface area contributed by atoms with Gasteiger partial charge in [-0.2, -0.15) is 0 Å². The molecule has 0 saturated carbocycles. The van der Waals surface area contributed by atoms with E-state index in [0.717, 1.165) is 15.6 Å². The molecule has 1 aromatic heterocycles. The Morgan fingerprint density at radius 2 is 2.00 bits per heavy atom.